The molecule has 9 heteroatoms. The van der Waals surface area contributed by atoms with Crippen LogP contribution in [0.2, 0.25) is 0 Å². The SMILES string of the molecule is FC(F)(F)c1cc2c(NC3c4ccccc4CC[C@H]3N3CCOCC3)ncnc2[nH]1. The number of nitrogens with zero attached hydrogens (tertiary/aromatic N) is 3. The van der Waals surface area contributed by atoms with Gasteiger partial charge >= 0.3 is 6.18 Å². The standard InChI is InChI=1S/C21H22F3N5O/c22-21(23,24)17-11-15-19(27-17)25-12-26-20(15)28-18-14-4-2-1-3-13(14)5-6-16(18)29-7-9-30-10-8-29/h1-4,11-12,16,18H,5-10H2,(H2,25,26,27,28)/t16-,18?/m1/s1. The van der Waals surface area contributed by atoms with Crippen LogP contribution in [0.4, 0.5) is 19.0 Å². The molecule has 1 unspecified atom stereocenters. The number of nitrogens with one attached hydrogen (secondary N) is 2. The molecule has 0 amide bonds. The highest BCUT2D eigenvalue weighted by atomic mass is 19.4. The summed E-state index contributed by atoms with van der Waals surface area (Å²) in [6.07, 6.45) is -1.24. The van der Waals surface area contributed by atoms with Gasteiger partial charge in [-0.25, -0.2) is 9.97 Å². The van der Waals surface area contributed by atoms with Crippen LogP contribution in [-0.2, 0) is 17.3 Å². The molecule has 158 valence electrons. The molecule has 30 heavy (non-hydrogen) atoms. The number of halogens is 3. The van der Waals surface area contributed by atoms with Gasteiger partial charge in [0.1, 0.15) is 23.5 Å². The summed E-state index contributed by atoms with van der Waals surface area (Å²) in [4.78, 5) is 13.1. The Morgan fingerprint density at radius 3 is 2.73 bits per heavy atom. The molecule has 1 aliphatic carbocycles. The quantitative estimate of drug-likeness (QED) is 0.679. The van der Waals surface area contributed by atoms with E-state index in [2.05, 4.69) is 37.3 Å². The minimum absolute atomic E-state index is 0.0876. The van der Waals surface area contributed by atoms with Crippen LogP contribution in [0.5, 0.6) is 0 Å². The molecule has 3 aromatic rings. The largest absolute Gasteiger partial charge is 0.431 e. The molecular weight excluding hydrogens is 395 g/mol. The van der Waals surface area contributed by atoms with Crippen molar-refractivity contribution >= 4 is 16.9 Å². The lowest BCUT2D eigenvalue weighted by Crippen LogP contribution is -2.49. The Hall–Kier alpha value is -2.65. The number of hydrogen-bond donors (Lipinski definition) is 2. The van der Waals surface area contributed by atoms with Crippen molar-refractivity contribution in [1.82, 2.24) is 19.9 Å². The van der Waals surface area contributed by atoms with Gasteiger partial charge in [-0.3, -0.25) is 4.90 Å². The fraction of sp³-hybridized carbons (Fsp3) is 0.429. The smallest absolute Gasteiger partial charge is 0.379 e. The minimum Gasteiger partial charge on any atom is -0.379 e. The van der Waals surface area contributed by atoms with E-state index in [0.717, 1.165) is 32.0 Å². The Bertz CT molecular complexity index is 1040. The highest BCUT2D eigenvalue weighted by molar-refractivity contribution is 5.88. The maximum atomic E-state index is 13.2. The first kappa shape index (κ1) is 19.3. The molecule has 0 saturated carbocycles. The Balaban J connectivity index is 1.54. The summed E-state index contributed by atoms with van der Waals surface area (Å²) >= 11 is 0. The third kappa shape index (κ3) is 3.52. The van der Waals surface area contributed by atoms with Crippen LogP contribution in [0.3, 0.4) is 0 Å². The monoisotopic (exact) mass is 417 g/mol. The van der Waals surface area contributed by atoms with Gasteiger partial charge in [0, 0.05) is 19.1 Å². The number of alkyl halides is 3. The van der Waals surface area contributed by atoms with E-state index in [1.165, 1.54) is 17.5 Å². The fourth-order valence-electron chi connectivity index (χ4n) is 4.57. The third-order valence-electron chi connectivity index (χ3n) is 6.02. The van der Waals surface area contributed by atoms with E-state index in [1.807, 2.05) is 12.1 Å². The second-order valence-corrected chi connectivity index (χ2v) is 7.74. The van der Waals surface area contributed by atoms with Gasteiger partial charge in [-0.15, -0.1) is 0 Å². The van der Waals surface area contributed by atoms with Crippen LogP contribution in [0.1, 0.15) is 29.3 Å². The first-order valence-electron chi connectivity index (χ1n) is 10.1. The first-order chi connectivity index (χ1) is 14.5. The lowest BCUT2D eigenvalue weighted by molar-refractivity contribution is -0.140. The number of benzene rings is 1. The normalized spacial score (nSPS) is 22.8. The zero-order valence-corrected chi connectivity index (χ0v) is 16.2. The Kier molecular flexibility index (Phi) is 4.86. The summed E-state index contributed by atoms with van der Waals surface area (Å²) in [5.74, 6) is 0.409. The number of anilines is 1. The van der Waals surface area contributed by atoms with Gasteiger partial charge in [0.2, 0.25) is 0 Å². The van der Waals surface area contributed by atoms with Gasteiger partial charge in [0.25, 0.3) is 0 Å². The molecule has 2 atom stereocenters. The highest BCUT2D eigenvalue weighted by Crippen LogP contribution is 2.38. The van der Waals surface area contributed by atoms with Gasteiger partial charge in [0.15, 0.2) is 0 Å². The van der Waals surface area contributed by atoms with Crippen LogP contribution in [-0.4, -0.2) is 52.2 Å². The van der Waals surface area contributed by atoms with Crippen molar-refractivity contribution in [3.05, 3.63) is 53.5 Å². The van der Waals surface area contributed by atoms with E-state index < -0.39 is 11.9 Å². The number of fused-ring (bicyclic) bond motifs is 2. The van der Waals surface area contributed by atoms with Crippen molar-refractivity contribution in [3.63, 3.8) is 0 Å². The molecule has 1 saturated heterocycles. The van der Waals surface area contributed by atoms with Gasteiger partial charge in [0.05, 0.1) is 24.6 Å². The van der Waals surface area contributed by atoms with Crippen molar-refractivity contribution in [2.75, 3.05) is 31.6 Å². The van der Waals surface area contributed by atoms with Crippen LogP contribution in [0, 0.1) is 0 Å². The molecule has 1 aliphatic heterocycles. The summed E-state index contributed by atoms with van der Waals surface area (Å²) in [6.45, 7) is 3.06. The molecule has 2 aliphatic rings. The average molecular weight is 417 g/mol. The number of rotatable bonds is 3. The Morgan fingerprint density at radius 2 is 1.93 bits per heavy atom. The predicted molar refractivity (Wildman–Crippen MR) is 106 cm³/mol. The maximum absolute atomic E-state index is 13.2. The molecule has 3 heterocycles. The van der Waals surface area contributed by atoms with E-state index in [1.54, 1.807) is 0 Å². The highest BCUT2D eigenvalue weighted by Gasteiger charge is 2.36. The van der Waals surface area contributed by atoms with E-state index in [9.17, 15) is 13.2 Å². The zero-order valence-electron chi connectivity index (χ0n) is 16.2. The topological polar surface area (TPSA) is 66.1 Å². The summed E-state index contributed by atoms with van der Waals surface area (Å²) in [5.41, 5.74) is 1.77. The molecule has 2 aromatic heterocycles. The summed E-state index contributed by atoms with van der Waals surface area (Å²) in [6, 6.07) is 9.43. The molecule has 0 bridgehead atoms. The predicted octanol–water partition coefficient (Wildman–Crippen LogP) is 3.78. The zero-order chi connectivity index (χ0) is 20.7. The van der Waals surface area contributed by atoms with E-state index >= 15 is 0 Å². The summed E-state index contributed by atoms with van der Waals surface area (Å²) in [5, 5.41) is 3.81. The number of hydrogen-bond acceptors (Lipinski definition) is 5. The molecule has 1 fully saturated rings. The second kappa shape index (κ2) is 7.55. The van der Waals surface area contributed by atoms with Crippen LogP contribution < -0.4 is 5.32 Å². The first-order valence-corrected chi connectivity index (χ1v) is 10.1. The number of morpholine rings is 1. The van der Waals surface area contributed by atoms with Crippen molar-refractivity contribution < 1.29 is 17.9 Å². The van der Waals surface area contributed by atoms with E-state index in [0.29, 0.717) is 24.4 Å². The second-order valence-electron chi connectivity index (χ2n) is 7.74. The number of aryl methyl sites for hydroxylation is 1. The van der Waals surface area contributed by atoms with Crippen molar-refractivity contribution in [2.45, 2.75) is 31.1 Å². The van der Waals surface area contributed by atoms with Crippen molar-refractivity contribution in [3.8, 4) is 0 Å². The summed E-state index contributed by atoms with van der Waals surface area (Å²) in [7, 11) is 0. The van der Waals surface area contributed by atoms with E-state index in [-0.39, 0.29) is 17.7 Å². The van der Waals surface area contributed by atoms with Crippen molar-refractivity contribution in [1.29, 1.82) is 0 Å². The van der Waals surface area contributed by atoms with Gasteiger partial charge in [-0.05, 0) is 30.0 Å². The molecule has 1 aromatic carbocycles. The Labute approximate surface area is 171 Å². The van der Waals surface area contributed by atoms with Crippen molar-refractivity contribution in [2.24, 2.45) is 0 Å². The molecule has 2 N–H and O–H groups in total. The minimum atomic E-state index is -4.47. The molecule has 0 spiro atoms. The fourth-order valence-corrected chi connectivity index (χ4v) is 4.57. The lowest BCUT2D eigenvalue weighted by Gasteiger charge is -2.43. The number of H-pyrrole nitrogens is 1. The van der Waals surface area contributed by atoms with Crippen LogP contribution in [0.25, 0.3) is 11.0 Å². The van der Waals surface area contributed by atoms with Gasteiger partial charge in [-0.2, -0.15) is 13.2 Å². The third-order valence-corrected chi connectivity index (χ3v) is 6.02. The molecule has 5 rings (SSSR count). The van der Waals surface area contributed by atoms with Crippen LogP contribution >= 0.6 is 0 Å². The number of aromatic amines is 1. The average Bonchev–Trinajstić information content (AvgIpc) is 3.21. The van der Waals surface area contributed by atoms with Crippen LogP contribution in [0.15, 0.2) is 36.7 Å². The van der Waals surface area contributed by atoms with Gasteiger partial charge in [-0.1, -0.05) is 24.3 Å². The Morgan fingerprint density at radius 1 is 1.13 bits per heavy atom. The molecular formula is C21H22F3N5O. The van der Waals surface area contributed by atoms with E-state index in [4.69, 9.17) is 4.74 Å². The number of ether oxygens (including phenoxy) is 1. The maximum Gasteiger partial charge on any atom is 0.431 e. The van der Waals surface area contributed by atoms with Gasteiger partial charge < -0.3 is 15.0 Å². The molecule has 0 radical (unpaired) electrons. The molecule has 6 nitrogen and oxygen atoms in total. The number of aromatic nitrogens is 3. The lowest BCUT2D eigenvalue weighted by atomic mass is 9.83. The summed E-state index contributed by atoms with van der Waals surface area (Å²) < 4.78 is 45.1.